The van der Waals surface area contributed by atoms with Crippen molar-refractivity contribution in [3.63, 3.8) is 0 Å². The van der Waals surface area contributed by atoms with Crippen molar-refractivity contribution in [2.24, 2.45) is 4.99 Å². The Kier molecular flexibility index (Phi) is 8.44. The topological polar surface area (TPSA) is 64.1 Å². The monoisotopic (exact) mass is 405 g/mol. The van der Waals surface area contributed by atoms with Crippen molar-refractivity contribution in [1.82, 2.24) is 10.6 Å². The summed E-state index contributed by atoms with van der Waals surface area (Å²) < 4.78 is 16.2. The number of rotatable bonds is 9. The van der Waals surface area contributed by atoms with Gasteiger partial charge in [0.25, 0.3) is 0 Å². The summed E-state index contributed by atoms with van der Waals surface area (Å²) in [5.41, 5.74) is 0.930. The van der Waals surface area contributed by atoms with E-state index in [2.05, 4.69) is 43.5 Å². The Morgan fingerprint density at radius 2 is 1.75 bits per heavy atom. The third-order valence-electron chi connectivity index (χ3n) is 4.22. The van der Waals surface area contributed by atoms with Crippen molar-refractivity contribution < 1.29 is 14.2 Å². The number of aryl methyl sites for hydroxylation is 1. The summed E-state index contributed by atoms with van der Waals surface area (Å²) in [4.78, 5) is 7.44. The van der Waals surface area contributed by atoms with Crippen LogP contribution in [-0.4, -0.2) is 39.9 Å². The van der Waals surface area contributed by atoms with Gasteiger partial charge in [0.05, 0.1) is 27.9 Å². The Labute approximate surface area is 171 Å². The quantitative estimate of drug-likeness (QED) is 0.491. The van der Waals surface area contributed by atoms with E-state index in [0.717, 1.165) is 30.2 Å². The van der Waals surface area contributed by atoms with E-state index < -0.39 is 0 Å². The summed E-state index contributed by atoms with van der Waals surface area (Å²) in [6.45, 7) is 7.61. The molecule has 0 bridgehead atoms. The number of thiophene rings is 1. The molecule has 2 rings (SSSR count). The SMILES string of the molecule is CCNC(=NCc1cc(OC)c(OC)cc1OC)NC(C)Cc1ccc(C)s1. The summed E-state index contributed by atoms with van der Waals surface area (Å²) in [6, 6.07) is 8.35. The van der Waals surface area contributed by atoms with E-state index in [9.17, 15) is 0 Å². The number of guanidine groups is 1. The molecule has 1 aromatic carbocycles. The smallest absolute Gasteiger partial charge is 0.191 e. The lowest BCUT2D eigenvalue weighted by Crippen LogP contribution is -2.43. The van der Waals surface area contributed by atoms with Crippen LogP contribution < -0.4 is 24.8 Å². The van der Waals surface area contributed by atoms with Gasteiger partial charge in [-0.1, -0.05) is 0 Å². The van der Waals surface area contributed by atoms with Crippen LogP contribution in [0.4, 0.5) is 0 Å². The van der Waals surface area contributed by atoms with Crippen molar-refractivity contribution >= 4 is 17.3 Å². The first-order valence-corrected chi connectivity index (χ1v) is 10.2. The third-order valence-corrected chi connectivity index (χ3v) is 5.25. The van der Waals surface area contributed by atoms with Gasteiger partial charge in [0.15, 0.2) is 17.5 Å². The highest BCUT2D eigenvalue weighted by Gasteiger charge is 2.13. The van der Waals surface area contributed by atoms with Gasteiger partial charge in [-0.15, -0.1) is 11.3 Å². The van der Waals surface area contributed by atoms with Crippen LogP contribution in [0.25, 0.3) is 0 Å². The predicted molar refractivity (Wildman–Crippen MR) is 116 cm³/mol. The molecule has 1 aromatic heterocycles. The first-order chi connectivity index (χ1) is 13.5. The normalized spacial score (nSPS) is 12.4. The lowest BCUT2D eigenvalue weighted by atomic mass is 10.1. The zero-order valence-corrected chi connectivity index (χ0v) is 18.4. The largest absolute Gasteiger partial charge is 0.496 e. The first kappa shape index (κ1) is 21.9. The Hall–Kier alpha value is -2.41. The molecule has 1 heterocycles. The molecule has 0 aliphatic heterocycles. The highest BCUT2D eigenvalue weighted by Crippen LogP contribution is 2.34. The van der Waals surface area contributed by atoms with Crippen LogP contribution in [0.1, 0.15) is 29.2 Å². The molecular formula is C21H31N3O3S. The number of ether oxygens (including phenoxy) is 3. The van der Waals surface area contributed by atoms with Gasteiger partial charge in [-0.25, -0.2) is 4.99 Å². The van der Waals surface area contributed by atoms with Crippen LogP contribution >= 0.6 is 11.3 Å². The van der Waals surface area contributed by atoms with Gasteiger partial charge in [-0.3, -0.25) is 0 Å². The average Bonchev–Trinajstić information content (AvgIpc) is 3.09. The van der Waals surface area contributed by atoms with Crippen molar-refractivity contribution in [2.75, 3.05) is 27.9 Å². The van der Waals surface area contributed by atoms with E-state index in [4.69, 9.17) is 19.2 Å². The lowest BCUT2D eigenvalue weighted by molar-refractivity contribution is 0.347. The zero-order chi connectivity index (χ0) is 20.5. The minimum atomic E-state index is 0.267. The van der Waals surface area contributed by atoms with Gasteiger partial charge < -0.3 is 24.8 Å². The molecule has 0 spiro atoms. The highest BCUT2D eigenvalue weighted by molar-refractivity contribution is 7.11. The van der Waals surface area contributed by atoms with Crippen molar-refractivity contribution in [3.05, 3.63) is 39.6 Å². The number of nitrogens with one attached hydrogen (secondary N) is 2. The third kappa shape index (κ3) is 6.05. The molecule has 0 aliphatic carbocycles. The number of hydrogen-bond acceptors (Lipinski definition) is 5. The predicted octanol–water partition coefficient (Wildman–Crippen LogP) is 3.77. The van der Waals surface area contributed by atoms with Crippen LogP contribution in [0.2, 0.25) is 0 Å². The van der Waals surface area contributed by atoms with E-state index >= 15 is 0 Å². The second-order valence-electron chi connectivity index (χ2n) is 6.48. The average molecular weight is 406 g/mol. The summed E-state index contributed by atoms with van der Waals surface area (Å²) in [6.07, 6.45) is 0.961. The first-order valence-electron chi connectivity index (χ1n) is 9.39. The Morgan fingerprint density at radius 3 is 2.32 bits per heavy atom. The van der Waals surface area contributed by atoms with Gasteiger partial charge in [-0.2, -0.15) is 0 Å². The molecule has 154 valence electrons. The van der Waals surface area contributed by atoms with E-state index in [1.807, 2.05) is 23.5 Å². The molecule has 2 N–H and O–H groups in total. The molecule has 0 fully saturated rings. The maximum atomic E-state index is 5.50. The molecular weight excluding hydrogens is 374 g/mol. The van der Waals surface area contributed by atoms with Gasteiger partial charge >= 0.3 is 0 Å². The van der Waals surface area contributed by atoms with Gasteiger partial charge in [0.2, 0.25) is 0 Å². The minimum absolute atomic E-state index is 0.267. The van der Waals surface area contributed by atoms with Crippen LogP contribution in [-0.2, 0) is 13.0 Å². The maximum Gasteiger partial charge on any atom is 0.191 e. The maximum absolute atomic E-state index is 5.50. The molecule has 0 amide bonds. The van der Waals surface area contributed by atoms with Crippen LogP contribution in [0.3, 0.4) is 0 Å². The molecule has 6 nitrogen and oxygen atoms in total. The molecule has 0 radical (unpaired) electrons. The molecule has 1 unspecified atom stereocenters. The second-order valence-corrected chi connectivity index (χ2v) is 7.85. The van der Waals surface area contributed by atoms with E-state index in [1.165, 1.54) is 9.75 Å². The van der Waals surface area contributed by atoms with Gasteiger partial charge in [0, 0.05) is 40.4 Å². The minimum Gasteiger partial charge on any atom is -0.496 e. The molecule has 1 atom stereocenters. The fourth-order valence-electron chi connectivity index (χ4n) is 2.88. The van der Waals surface area contributed by atoms with Gasteiger partial charge in [-0.05, 0) is 39.0 Å². The van der Waals surface area contributed by atoms with Crippen molar-refractivity contribution in [1.29, 1.82) is 0 Å². The summed E-state index contributed by atoms with van der Waals surface area (Å²) in [5.74, 6) is 2.80. The lowest BCUT2D eigenvalue weighted by Gasteiger charge is -2.18. The molecule has 2 aromatic rings. The van der Waals surface area contributed by atoms with Crippen LogP contribution in [0.5, 0.6) is 17.2 Å². The number of nitrogens with zero attached hydrogens (tertiary/aromatic N) is 1. The molecule has 0 saturated carbocycles. The summed E-state index contributed by atoms with van der Waals surface area (Å²) in [7, 11) is 4.87. The molecule has 28 heavy (non-hydrogen) atoms. The standard InChI is InChI=1S/C21H31N3O3S/c1-7-22-21(24-14(2)10-17-9-8-15(3)28-17)23-13-16-11-19(26-5)20(27-6)12-18(16)25-4/h8-9,11-12,14H,7,10,13H2,1-6H3,(H2,22,23,24). The fraction of sp³-hybridized carbons (Fsp3) is 0.476. The van der Waals surface area contributed by atoms with Crippen molar-refractivity contribution in [3.8, 4) is 17.2 Å². The van der Waals surface area contributed by atoms with Crippen LogP contribution in [0, 0.1) is 6.92 Å². The van der Waals surface area contributed by atoms with E-state index in [1.54, 1.807) is 21.3 Å². The number of hydrogen-bond donors (Lipinski definition) is 2. The Balaban J connectivity index is 2.12. The molecule has 0 saturated heterocycles. The Morgan fingerprint density at radius 1 is 1.07 bits per heavy atom. The van der Waals surface area contributed by atoms with E-state index in [-0.39, 0.29) is 6.04 Å². The van der Waals surface area contributed by atoms with Crippen LogP contribution in [0.15, 0.2) is 29.3 Å². The van der Waals surface area contributed by atoms with E-state index in [0.29, 0.717) is 18.0 Å². The number of aliphatic imine (C=N–C) groups is 1. The number of methoxy groups -OCH3 is 3. The van der Waals surface area contributed by atoms with Crippen molar-refractivity contribution in [2.45, 2.75) is 39.8 Å². The highest BCUT2D eigenvalue weighted by atomic mass is 32.1. The number of benzene rings is 1. The zero-order valence-electron chi connectivity index (χ0n) is 17.6. The molecule has 7 heteroatoms. The second kappa shape index (κ2) is 10.8. The van der Waals surface area contributed by atoms with Gasteiger partial charge in [0.1, 0.15) is 5.75 Å². The molecule has 0 aliphatic rings. The summed E-state index contributed by atoms with van der Waals surface area (Å²) >= 11 is 1.84. The Bertz CT molecular complexity index is 789. The fourth-order valence-corrected chi connectivity index (χ4v) is 3.90. The summed E-state index contributed by atoms with van der Waals surface area (Å²) in [5, 5.41) is 6.79.